The first kappa shape index (κ1) is 15.8. The van der Waals surface area contributed by atoms with Gasteiger partial charge in [-0.1, -0.05) is 6.92 Å². The van der Waals surface area contributed by atoms with Crippen LogP contribution in [0.5, 0.6) is 0 Å². The summed E-state index contributed by atoms with van der Waals surface area (Å²) < 4.78 is 36.9. The molecule has 1 aromatic heterocycles. The summed E-state index contributed by atoms with van der Waals surface area (Å²) in [6, 6.07) is 2.49. The standard InChI is InChI=1S/C14H21F3N2S/c1-2-11-5-8-20-13(11)9-18-12-3-6-19(7-4-12)10-14(15,16)17/h5,8,12,18H,2-4,6-7,9-10H2,1H3. The van der Waals surface area contributed by atoms with Gasteiger partial charge in [-0.2, -0.15) is 13.2 Å². The van der Waals surface area contributed by atoms with E-state index >= 15 is 0 Å². The van der Waals surface area contributed by atoms with Gasteiger partial charge in [-0.15, -0.1) is 11.3 Å². The lowest BCUT2D eigenvalue weighted by atomic mass is 10.0. The highest BCUT2D eigenvalue weighted by Gasteiger charge is 2.32. The number of likely N-dealkylation sites (tertiary alicyclic amines) is 1. The van der Waals surface area contributed by atoms with Crippen LogP contribution in [0.4, 0.5) is 13.2 Å². The SMILES string of the molecule is CCc1ccsc1CNC1CCN(CC(F)(F)F)CC1. The fourth-order valence-electron chi connectivity index (χ4n) is 2.62. The fraction of sp³-hybridized carbons (Fsp3) is 0.714. The summed E-state index contributed by atoms with van der Waals surface area (Å²) in [5.74, 6) is 0. The van der Waals surface area contributed by atoms with Gasteiger partial charge in [0, 0.05) is 17.5 Å². The maximum absolute atomic E-state index is 12.3. The van der Waals surface area contributed by atoms with Crippen LogP contribution < -0.4 is 5.32 Å². The molecule has 1 saturated heterocycles. The summed E-state index contributed by atoms with van der Waals surface area (Å²) in [5.41, 5.74) is 1.37. The van der Waals surface area contributed by atoms with E-state index in [0.29, 0.717) is 19.1 Å². The highest BCUT2D eigenvalue weighted by Crippen LogP contribution is 2.21. The predicted molar refractivity (Wildman–Crippen MR) is 76.1 cm³/mol. The number of halogens is 3. The molecule has 0 unspecified atom stereocenters. The smallest absolute Gasteiger partial charge is 0.309 e. The first-order valence-corrected chi connectivity index (χ1v) is 7.93. The molecule has 1 aromatic rings. The number of thiophene rings is 1. The molecule has 2 rings (SSSR count). The molecule has 20 heavy (non-hydrogen) atoms. The van der Waals surface area contributed by atoms with Gasteiger partial charge in [-0.3, -0.25) is 4.90 Å². The Morgan fingerprint density at radius 3 is 2.65 bits per heavy atom. The minimum atomic E-state index is -4.08. The summed E-state index contributed by atoms with van der Waals surface area (Å²) >= 11 is 1.75. The van der Waals surface area contributed by atoms with Gasteiger partial charge < -0.3 is 5.32 Å². The predicted octanol–water partition coefficient (Wildman–Crippen LogP) is 3.43. The van der Waals surface area contributed by atoms with Crippen molar-refractivity contribution in [1.82, 2.24) is 10.2 Å². The number of hydrogen-bond acceptors (Lipinski definition) is 3. The number of hydrogen-bond donors (Lipinski definition) is 1. The van der Waals surface area contributed by atoms with E-state index in [-0.39, 0.29) is 0 Å². The molecule has 1 aliphatic heterocycles. The molecule has 114 valence electrons. The largest absolute Gasteiger partial charge is 0.401 e. The molecule has 2 heterocycles. The van der Waals surface area contributed by atoms with Crippen molar-refractivity contribution in [3.63, 3.8) is 0 Å². The van der Waals surface area contributed by atoms with Crippen molar-refractivity contribution in [2.75, 3.05) is 19.6 Å². The third-order valence-corrected chi connectivity index (χ3v) is 4.72. The number of aryl methyl sites for hydroxylation is 1. The van der Waals surface area contributed by atoms with Gasteiger partial charge in [-0.25, -0.2) is 0 Å². The topological polar surface area (TPSA) is 15.3 Å². The molecular weight excluding hydrogens is 285 g/mol. The Morgan fingerprint density at radius 1 is 1.35 bits per heavy atom. The molecule has 2 nitrogen and oxygen atoms in total. The van der Waals surface area contributed by atoms with E-state index in [4.69, 9.17) is 0 Å². The zero-order valence-corrected chi connectivity index (χ0v) is 12.5. The third kappa shape index (κ3) is 4.75. The lowest BCUT2D eigenvalue weighted by Crippen LogP contribution is -2.45. The summed E-state index contributed by atoms with van der Waals surface area (Å²) in [4.78, 5) is 2.85. The molecule has 0 aliphatic carbocycles. The zero-order valence-electron chi connectivity index (χ0n) is 11.7. The molecule has 0 saturated carbocycles. The molecule has 0 spiro atoms. The normalized spacial score (nSPS) is 18.6. The number of alkyl halides is 3. The van der Waals surface area contributed by atoms with E-state index in [9.17, 15) is 13.2 Å². The average molecular weight is 306 g/mol. The van der Waals surface area contributed by atoms with Gasteiger partial charge in [-0.05, 0) is 49.4 Å². The number of nitrogens with zero attached hydrogens (tertiary/aromatic N) is 1. The van der Waals surface area contributed by atoms with Gasteiger partial charge in [0.2, 0.25) is 0 Å². The van der Waals surface area contributed by atoms with Crippen LogP contribution in [0.25, 0.3) is 0 Å². The molecule has 6 heteroatoms. The minimum absolute atomic E-state index is 0.339. The number of rotatable bonds is 5. The summed E-state index contributed by atoms with van der Waals surface area (Å²) in [6.07, 6.45) is -1.45. The number of piperidine rings is 1. The van der Waals surface area contributed by atoms with Crippen molar-refractivity contribution in [3.05, 3.63) is 21.9 Å². The Kier molecular flexibility index (Phi) is 5.46. The summed E-state index contributed by atoms with van der Waals surface area (Å²) in [7, 11) is 0. The Morgan fingerprint density at radius 2 is 2.05 bits per heavy atom. The van der Waals surface area contributed by atoms with Gasteiger partial charge in [0.1, 0.15) is 0 Å². The van der Waals surface area contributed by atoms with Gasteiger partial charge >= 0.3 is 6.18 Å². The van der Waals surface area contributed by atoms with Crippen molar-refractivity contribution < 1.29 is 13.2 Å². The Balaban J connectivity index is 1.72. The molecular formula is C14H21F3N2S. The van der Waals surface area contributed by atoms with Crippen molar-refractivity contribution in [2.24, 2.45) is 0 Å². The van der Waals surface area contributed by atoms with Crippen LogP contribution in [0.2, 0.25) is 0 Å². The molecule has 0 bridgehead atoms. The maximum Gasteiger partial charge on any atom is 0.401 e. The minimum Gasteiger partial charge on any atom is -0.309 e. The monoisotopic (exact) mass is 306 g/mol. The lowest BCUT2D eigenvalue weighted by Gasteiger charge is -2.32. The van der Waals surface area contributed by atoms with E-state index in [2.05, 4.69) is 23.7 Å². The highest BCUT2D eigenvalue weighted by molar-refractivity contribution is 7.10. The van der Waals surface area contributed by atoms with Crippen molar-refractivity contribution in [2.45, 2.75) is 44.9 Å². The van der Waals surface area contributed by atoms with Crippen molar-refractivity contribution >= 4 is 11.3 Å². The quantitative estimate of drug-likeness (QED) is 0.896. The Bertz CT molecular complexity index is 409. The second kappa shape index (κ2) is 6.91. The van der Waals surface area contributed by atoms with Crippen LogP contribution in [0, 0.1) is 0 Å². The molecule has 0 amide bonds. The molecule has 1 aliphatic rings. The van der Waals surface area contributed by atoms with E-state index in [1.165, 1.54) is 15.3 Å². The van der Waals surface area contributed by atoms with Gasteiger partial charge in [0.15, 0.2) is 0 Å². The Labute approximate surface area is 122 Å². The van der Waals surface area contributed by atoms with Crippen LogP contribution in [-0.2, 0) is 13.0 Å². The molecule has 0 aromatic carbocycles. The Hall–Kier alpha value is -0.590. The summed E-state index contributed by atoms with van der Waals surface area (Å²) in [5, 5.41) is 5.58. The van der Waals surface area contributed by atoms with Gasteiger partial charge in [0.05, 0.1) is 6.54 Å². The van der Waals surface area contributed by atoms with E-state index in [0.717, 1.165) is 25.8 Å². The van der Waals surface area contributed by atoms with Crippen LogP contribution in [0.1, 0.15) is 30.2 Å². The van der Waals surface area contributed by atoms with Crippen LogP contribution in [0.3, 0.4) is 0 Å². The highest BCUT2D eigenvalue weighted by atomic mass is 32.1. The van der Waals surface area contributed by atoms with Crippen molar-refractivity contribution in [1.29, 1.82) is 0 Å². The van der Waals surface area contributed by atoms with Gasteiger partial charge in [0.25, 0.3) is 0 Å². The molecule has 1 N–H and O–H groups in total. The van der Waals surface area contributed by atoms with E-state index < -0.39 is 12.7 Å². The van der Waals surface area contributed by atoms with Crippen molar-refractivity contribution in [3.8, 4) is 0 Å². The van der Waals surface area contributed by atoms with Crippen LogP contribution in [-0.4, -0.2) is 36.8 Å². The second-order valence-electron chi connectivity index (χ2n) is 5.27. The van der Waals surface area contributed by atoms with Crippen LogP contribution in [0.15, 0.2) is 11.4 Å². The first-order chi connectivity index (χ1) is 9.48. The van der Waals surface area contributed by atoms with E-state index in [1.807, 2.05) is 0 Å². The zero-order chi connectivity index (χ0) is 14.6. The molecule has 0 atom stereocenters. The maximum atomic E-state index is 12.3. The average Bonchev–Trinajstić information content (AvgIpc) is 2.83. The third-order valence-electron chi connectivity index (χ3n) is 3.76. The first-order valence-electron chi connectivity index (χ1n) is 7.05. The van der Waals surface area contributed by atoms with E-state index in [1.54, 1.807) is 11.3 Å². The second-order valence-corrected chi connectivity index (χ2v) is 6.27. The van der Waals surface area contributed by atoms with Crippen LogP contribution >= 0.6 is 11.3 Å². The fourth-order valence-corrected chi connectivity index (χ4v) is 3.55. The lowest BCUT2D eigenvalue weighted by molar-refractivity contribution is -0.148. The summed E-state index contributed by atoms with van der Waals surface area (Å²) in [6.45, 7) is 3.26. The molecule has 1 fully saturated rings. The molecule has 0 radical (unpaired) electrons. The number of nitrogens with one attached hydrogen (secondary N) is 1.